The van der Waals surface area contributed by atoms with E-state index in [0.717, 1.165) is 0 Å². The summed E-state index contributed by atoms with van der Waals surface area (Å²) in [4.78, 5) is 12.0. The zero-order chi connectivity index (χ0) is 16.0. The number of ether oxygens (including phenoxy) is 1. The van der Waals surface area contributed by atoms with Crippen LogP contribution >= 0.6 is 0 Å². The molecule has 4 N–H and O–H groups in total. The lowest BCUT2D eigenvalue weighted by Gasteiger charge is -2.20. The number of oxime groups is 1. The van der Waals surface area contributed by atoms with Gasteiger partial charge in [-0.15, -0.1) is 0 Å². The van der Waals surface area contributed by atoms with Gasteiger partial charge in [0.2, 0.25) is 0 Å². The van der Waals surface area contributed by atoms with E-state index in [9.17, 15) is 13.6 Å². The summed E-state index contributed by atoms with van der Waals surface area (Å²) in [5, 5.41) is 14.2. The lowest BCUT2D eigenvalue weighted by Crippen LogP contribution is -2.47. The quantitative estimate of drug-likeness (QED) is 0.323. The van der Waals surface area contributed by atoms with Gasteiger partial charge in [-0.3, -0.25) is 4.79 Å². The second-order valence-corrected chi connectivity index (χ2v) is 4.62. The summed E-state index contributed by atoms with van der Waals surface area (Å²) in [5.74, 6) is -0.718. The Morgan fingerprint density at radius 2 is 1.90 bits per heavy atom. The van der Waals surface area contributed by atoms with Gasteiger partial charge < -0.3 is 21.0 Å². The lowest BCUT2D eigenvalue weighted by molar-refractivity contribution is -0.0498. The Labute approximate surface area is 120 Å². The van der Waals surface area contributed by atoms with E-state index in [-0.39, 0.29) is 23.1 Å². The Kier molecular flexibility index (Phi) is 5.89. The third-order valence-corrected chi connectivity index (χ3v) is 2.73. The molecule has 8 heteroatoms. The number of benzene rings is 1. The minimum Gasteiger partial charge on any atom is -0.435 e. The summed E-state index contributed by atoms with van der Waals surface area (Å²) >= 11 is 0. The van der Waals surface area contributed by atoms with Crippen molar-refractivity contribution in [3.8, 4) is 5.75 Å². The van der Waals surface area contributed by atoms with Crippen LogP contribution in [-0.4, -0.2) is 29.6 Å². The molecule has 0 aliphatic heterocycles. The van der Waals surface area contributed by atoms with Gasteiger partial charge in [0, 0.05) is 5.56 Å². The van der Waals surface area contributed by atoms with Crippen LogP contribution in [0.5, 0.6) is 5.75 Å². The number of alkyl halides is 2. The van der Waals surface area contributed by atoms with E-state index in [1.807, 2.05) is 0 Å². The van der Waals surface area contributed by atoms with Crippen molar-refractivity contribution in [2.75, 3.05) is 0 Å². The summed E-state index contributed by atoms with van der Waals surface area (Å²) in [6.45, 7) is 0.668. The Hall–Kier alpha value is -2.38. The van der Waals surface area contributed by atoms with Crippen LogP contribution in [0.15, 0.2) is 29.4 Å². The Morgan fingerprint density at radius 1 is 1.33 bits per heavy atom. The van der Waals surface area contributed by atoms with Crippen LogP contribution in [-0.2, 0) is 0 Å². The molecule has 1 aromatic carbocycles. The monoisotopic (exact) mass is 301 g/mol. The maximum absolute atomic E-state index is 12.0. The van der Waals surface area contributed by atoms with Crippen LogP contribution in [0, 0.1) is 5.92 Å². The van der Waals surface area contributed by atoms with Gasteiger partial charge in [-0.1, -0.05) is 19.0 Å². The first kappa shape index (κ1) is 16.7. The molecular weight excluding hydrogens is 284 g/mol. The molecule has 0 spiro atoms. The molecule has 0 saturated carbocycles. The van der Waals surface area contributed by atoms with E-state index in [2.05, 4.69) is 15.2 Å². The number of amidine groups is 1. The molecule has 1 unspecified atom stereocenters. The number of carbonyl (C=O) groups excluding carboxylic acids is 1. The lowest BCUT2D eigenvalue weighted by atomic mass is 10.0. The highest BCUT2D eigenvalue weighted by Crippen LogP contribution is 2.15. The molecule has 0 saturated heterocycles. The molecule has 116 valence electrons. The number of rotatable bonds is 6. The molecule has 1 aromatic rings. The number of nitrogens with one attached hydrogen (secondary N) is 1. The van der Waals surface area contributed by atoms with Crippen LogP contribution in [0.25, 0.3) is 0 Å². The Balaban J connectivity index is 2.79. The normalized spacial score (nSPS) is 13.3. The van der Waals surface area contributed by atoms with E-state index in [1.54, 1.807) is 13.8 Å². The third-order valence-electron chi connectivity index (χ3n) is 2.73. The van der Waals surface area contributed by atoms with Gasteiger partial charge in [-0.2, -0.15) is 8.78 Å². The SMILES string of the molecule is CC(C)C(NC(=O)c1ccc(OC(F)F)cc1)C(N)=NO. The molecule has 0 aliphatic rings. The molecule has 0 heterocycles. The summed E-state index contributed by atoms with van der Waals surface area (Å²) < 4.78 is 28.2. The Bertz CT molecular complexity index is 504. The summed E-state index contributed by atoms with van der Waals surface area (Å²) in [5.41, 5.74) is 5.75. The van der Waals surface area contributed by atoms with Crippen LogP contribution in [0.4, 0.5) is 8.78 Å². The predicted octanol–water partition coefficient (Wildman–Crippen LogP) is 1.79. The molecule has 0 fully saturated rings. The number of hydrogen-bond donors (Lipinski definition) is 3. The number of nitrogens with two attached hydrogens (primary N) is 1. The largest absolute Gasteiger partial charge is 0.435 e. The smallest absolute Gasteiger partial charge is 0.387 e. The fourth-order valence-electron chi connectivity index (χ4n) is 1.66. The molecule has 1 atom stereocenters. The third kappa shape index (κ3) is 4.90. The molecule has 0 aliphatic carbocycles. The number of nitrogens with zero attached hydrogens (tertiary/aromatic N) is 1. The van der Waals surface area contributed by atoms with Gasteiger partial charge in [0.05, 0.1) is 6.04 Å². The van der Waals surface area contributed by atoms with Crippen molar-refractivity contribution in [3.05, 3.63) is 29.8 Å². The predicted molar refractivity (Wildman–Crippen MR) is 72.6 cm³/mol. The number of amides is 1. The fourth-order valence-corrected chi connectivity index (χ4v) is 1.66. The molecule has 1 rings (SSSR count). The Morgan fingerprint density at radius 3 is 2.33 bits per heavy atom. The van der Waals surface area contributed by atoms with Crippen molar-refractivity contribution in [2.45, 2.75) is 26.5 Å². The summed E-state index contributed by atoms with van der Waals surface area (Å²) in [6.07, 6.45) is 0. The number of hydrogen-bond acceptors (Lipinski definition) is 4. The van der Waals surface area contributed by atoms with Crippen molar-refractivity contribution in [1.29, 1.82) is 0 Å². The van der Waals surface area contributed by atoms with Gasteiger partial charge in [0.25, 0.3) is 5.91 Å². The van der Waals surface area contributed by atoms with Crippen LogP contribution in [0.1, 0.15) is 24.2 Å². The minimum absolute atomic E-state index is 0.0432. The molecule has 0 bridgehead atoms. The van der Waals surface area contributed by atoms with Gasteiger partial charge in [0.1, 0.15) is 5.75 Å². The zero-order valence-electron chi connectivity index (χ0n) is 11.6. The zero-order valence-corrected chi connectivity index (χ0v) is 11.6. The topological polar surface area (TPSA) is 96.9 Å². The average molecular weight is 301 g/mol. The van der Waals surface area contributed by atoms with Crippen LogP contribution in [0.3, 0.4) is 0 Å². The molecule has 21 heavy (non-hydrogen) atoms. The highest BCUT2D eigenvalue weighted by Gasteiger charge is 2.21. The summed E-state index contributed by atoms with van der Waals surface area (Å²) in [7, 11) is 0. The standard InChI is InChI=1S/C13H17F2N3O3/c1-7(2)10(11(16)18-20)17-12(19)8-3-5-9(6-4-8)21-13(14)15/h3-7,10,13,20H,1-2H3,(H2,16,18)(H,17,19). The first-order valence-corrected chi connectivity index (χ1v) is 6.18. The van der Waals surface area contributed by atoms with Crippen molar-refractivity contribution in [3.63, 3.8) is 0 Å². The second kappa shape index (κ2) is 7.41. The maximum atomic E-state index is 12.0. The average Bonchev–Trinajstić information content (AvgIpc) is 2.43. The van der Waals surface area contributed by atoms with E-state index in [1.165, 1.54) is 24.3 Å². The van der Waals surface area contributed by atoms with E-state index >= 15 is 0 Å². The van der Waals surface area contributed by atoms with Gasteiger partial charge in [-0.05, 0) is 30.2 Å². The molecule has 0 aromatic heterocycles. The highest BCUT2D eigenvalue weighted by molar-refractivity contribution is 5.98. The second-order valence-electron chi connectivity index (χ2n) is 4.62. The molecule has 0 radical (unpaired) electrons. The molecular formula is C13H17F2N3O3. The van der Waals surface area contributed by atoms with Crippen molar-refractivity contribution < 1.29 is 23.5 Å². The van der Waals surface area contributed by atoms with Crippen LogP contribution in [0.2, 0.25) is 0 Å². The summed E-state index contributed by atoms with van der Waals surface area (Å²) in [6, 6.07) is 4.57. The van der Waals surface area contributed by atoms with Crippen molar-refractivity contribution in [2.24, 2.45) is 16.8 Å². The van der Waals surface area contributed by atoms with Gasteiger partial charge in [0.15, 0.2) is 5.84 Å². The minimum atomic E-state index is -2.92. The molecule has 1 amide bonds. The maximum Gasteiger partial charge on any atom is 0.387 e. The molecule has 6 nitrogen and oxygen atoms in total. The van der Waals surface area contributed by atoms with Crippen LogP contribution < -0.4 is 15.8 Å². The van der Waals surface area contributed by atoms with Crippen molar-refractivity contribution >= 4 is 11.7 Å². The van der Waals surface area contributed by atoms with Gasteiger partial charge >= 0.3 is 6.61 Å². The first-order valence-electron chi connectivity index (χ1n) is 6.18. The highest BCUT2D eigenvalue weighted by atomic mass is 19.3. The van der Waals surface area contributed by atoms with Crippen molar-refractivity contribution in [1.82, 2.24) is 5.32 Å². The number of carbonyl (C=O) groups is 1. The van der Waals surface area contributed by atoms with Gasteiger partial charge in [-0.25, -0.2) is 0 Å². The van der Waals surface area contributed by atoms with E-state index < -0.39 is 18.6 Å². The van der Waals surface area contributed by atoms with E-state index in [0.29, 0.717) is 0 Å². The number of halogens is 2. The first-order chi connectivity index (χ1) is 9.85. The van der Waals surface area contributed by atoms with E-state index in [4.69, 9.17) is 10.9 Å². The fraction of sp³-hybridized carbons (Fsp3) is 0.385.